The Morgan fingerprint density at radius 3 is 2.73 bits per heavy atom. The van der Waals surface area contributed by atoms with Crippen LogP contribution in [0.4, 0.5) is 0 Å². The lowest BCUT2D eigenvalue weighted by atomic mass is 10.1. The van der Waals surface area contributed by atoms with Crippen LogP contribution < -0.4 is 5.32 Å². The predicted molar refractivity (Wildman–Crippen MR) is 84.0 cm³/mol. The van der Waals surface area contributed by atoms with E-state index in [0.29, 0.717) is 23.9 Å². The van der Waals surface area contributed by atoms with E-state index in [4.69, 9.17) is 9.52 Å². The highest BCUT2D eigenvalue weighted by molar-refractivity contribution is 7.99. The summed E-state index contributed by atoms with van der Waals surface area (Å²) in [6, 6.07) is 9.29. The number of hydrogen-bond donors (Lipinski definition) is 2. The van der Waals surface area contributed by atoms with Crippen LogP contribution in [-0.2, 0) is 4.79 Å². The third-order valence-electron chi connectivity index (χ3n) is 2.74. The summed E-state index contributed by atoms with van der Waals surface area (Å²) in [7, 11) is 0. The van der Waals surface area contributed by atoms with Crippen LogP contribution in [0.15, 0.2) is 34.7 Å². The standard InChI is InChI=1S/C15H16N2O4S/c1-10-17-13(14(21-10)11-5-3-2-4-6-11)15(20)16-7-8-22-9-12(18)19/h2-6H,7-9H2,1H3,(H,16,20)(H,18,19). The molecule has 0 saturated carbocycles. The number of rotatable bonds is 7. The normalized spacial score (nSPS) is 10.4. The van der Waals surface area contributed by atoms with E-state index >= 15 is 0 Å². The van der Waals surface area contributed by atoms with Crippen molar-refractivity contribution in [2.75, 3.05) is 18.1 Å². The van der Waals surface area contributed by atoms with Crippen LogP contribution in [0.1, 0.15) is 16.4 Å². The number of thioether (sulfide) groups is 1. The molecule has 1 heterocycles. The number of carboxylic acids is 1. The van der Waals surface area contributed by atoms with Gasteiger partial charge in [-0.1, -0.05) is 30.3 Å². The minimum Gasteiger partial charge on any atom is -0.481 e. The van der Waals surface area contributed by atoms with Crippen molar-refractivity contribution in [1.29, 1.82) is 0 Å². The van der Waals surface area contributed by atoms with E-state index in [1.54, 1.807) is 6.92 Å². The maximum atomic E-state index is 12.2. The summed E-state index contributed by atoms with van der Waals surface area (Å²) in [4.78, 5) is 26.7. The lowest BCUT2D eigenvalue weighted by Gasteiger charge is -2.04. The van der Waals surface area contributed by atoms with Gasteiger partial charge in [-0.2, -0.15) is 0 Å². The predicted octanol–water partition coefficient (Wildman–Crippen LogP) is 2.20. The maximum absolute atomic E-state index is 12.2. The van der Waals surface area contributed by atoms with Crippen LogP contribution in [0.25, 0.3) is 11.3 Å². The molecule has 2 rings (SSSR count). The molecule has 7 heteroatoms. The monoisotopic (exact) mass is 320 g/mol. The highest BCUT2D eigenvalue weighted by Crippen LogP contribution is 2.24. The first kappa shape index (κ1) is 16.1. The molecular weight excluding hydrogens is 304 g/mol. The van der Waals surface area contributed by atoms with Gasteiger partial charge in [0.25, 0.3) is 5.91 Å². The second kappa shape index (κ2) is 7.65. The van der Waals surface area contributed by atoms with E-state index in [2.05, 4.69) is 10.3 Å². The van der Waals surface area contributed by atoms with Gasteiger partial charge in [0.15, 0.2) is 17.3 Å². The van der Waals surface area contributed by atoms with Crippen LogP contribution in [0.5, 0.6) is 0 Å². The average molecular weight is 320 g/mol. The molecule has 0 fully saturated rings. The lowest BCUT2D eigenvalue weighted by Crippen LogP contribution is -2.26. The number of aryl methyl sites for hydroxylation is 1. The van der Waals surface area contributed by atoms with Gasteiger partial charge < -0.3 is 14.8 Å². The molecule has 0 radical (unpaired) electrons. The number of hydrogen-bond acceptors (Lipinski definition) is 5. The van der Waals surface area contributed by atoms with Crippen molar-refractivity contribution in [3.05, 3.63) is 41.9 Å². The van der Waals surface area contributed by atoms with E-state index < -0.39 is 5.97 Å². The molecule has 0 aliphatic rings. The first-order valence-electron chi connectivity index (χ1n) is 6.68. The van der Waals surface area contributed by atoms with Crippen LogP contribution in [0, 0.1) is 6.92 Å². The molecule has 0 spiro atoms. The largest absolute Gasteiger partial charge is 0.481 e. The van der Waals surface area contributed by atoms with E-state index in [-0.39, 0.29) is 17.4 Å². The Bertz CT molecular complexity index is 655. The summed E-state index contributed by atoms with van der Waals surface area (Å²) in [6.07, 6.45) is 0. The molecule has 0 aliphatic heterocycles. The molecule has 0 aliphatic carbocycles. The fourth-order valence-corrected chi connectivity index (χ4v) is 2.41. The highest BCUT2D eigenvalue weighted by atomic mass is 32.2. The number of oxazole rings is 1. The third kappa shape index (κ3) is 4.36. The summed E-state index contributed by atoms with van der Waals surface area (Å²) < 4.78 is 5.53. The smallest absolute Gasteiger partial charge is 0.313 e. The van der Waals surface area contributed by atoms with Gasteiger partial charge >= 0.3 is 5.97 Å². The number of nitrogens with one attached hydrogen (secondary N) is 1. The number of aromatic nitrogens is 1. The van der Waals surface area contributed by atoms with Gasteiger partial charge in [0.2, 0.25) is 0 Å². The number of carbonyl (C=O) groups excluding carboxylic acids is 1. The SMILES string of the molecule is Cc1nc(C(=O)NCCSCC(=O)O)c(-c2ccccc2)o1. The molecule has 1 amide bonds. The van der Waals surface area contributed by atoms with Gasteiger partial charge in [-0.25, -0.2) is 4.98 Å². The van der Waals surface area contributed by atoms with Crippen molar-refractivity contribution in [1.82, 2.24) is 10.3 Å². The number of aliphatic carboxylic acids is 1. The highest BCUT2D eigenvalue weighted by Gasteiger charge is 2.19. The van der Waals surface area contributed by atoms with Crippen LogP contribution in [0.3, 0.4) is 0 Å². The van der Waals surface area contributed by atoms with Gasteiger partial charge in [0.05, 0.1) is 5.75 Å². The first-order chi connectivity index (χ1) is 10.6. The number of carboxylic acid groups (broad SMARTS) is 1. The second-order valence-electron chi connectivity index (χ2n) is 4.48. The molecule has 0 unspecified atom stereocenters. The van der Waals surface area contributed by atoms with Gasteiger partial charge in [-0.15, -0.1) is 11.8 Å². The summed E-state index contributed by atoms with van der Waals surface area (Å²) in [5.41, 5.74) is 1.03. The molecule has 0 atom stereocenters. The van der Waals surface area contributed by atoms with Gasteiger partial charge in [-0.05, 0) is 0 Å². The van der Waals surface area contributed by atoms with E-state index in [1.807, 2.05) is 30.3 Å². The zero-order valence-electron chi connectivity index (χ0n) is 12.0. The Kier molecular flexibility index (Phi) is 5.60. The molecule has 0 saturated heterocycles. The number of benzene rings is 1. The summed E-state index contributed by atoms with van der Waals surface area (Å²) in [5.74, 6) is 0.212. The quantitative estimate of drug-likeness (QED) is 0.760. The van der Waals surface area contributed by atoms with Crippen molar-refractivity contribution in [2.45, 2.75) is 6.92 Å². The lowest BCUT2D eigenvalue weighted by molar-refractivity contribution is -0.133. The van der Waals surface area contributed by atoms with Crippen molar-refractivity contribution in [2.24, 2.45) is 0 Å². The van der Waals surface area contributed by atoms with Crippen LogP contribution >= 0.6 is 11.8 Å². The minimum atomic E-state index is -0.866. The number of nitrogens with zero attached hydrogens (tertiary/aromatic N) is 1. The second-order valence-corrected chi connectivity index (χ2v) is 5.58. The average Bonchev–Trinajstić information content (AvgIpc) is 2.89. The molecule has 116 valence electrons. The molecular formula is C15H16N2O4S. The van der Waals surface area contributed by atoms with E-state index in [1.165, 1.54) is 11.8 Å². The summed E-state index contributed by atoms with van der Waals surface area (Å²) in [6.45, 7) is 2.06. The summed E-state index contributed by atoms with van der Waals surface area (Å²) in [5, 5.41) is 11.3. The Hall–Kier alpha value is -2.28. The third-order valence-corrected chi connectivity index (χ3v) is 3.69. The molecule has 2 aromatic rings. The van der Waals surface area contributed by atoms with Crippen molar-refractivity contribution < 1.29 is 19.1 Å². The molecule has 2 N–H and O–H groups in total. The number of amides is 1. The van der Waals surface area contributed by atoms with Crippen LogP contribution in [0.2, 0.25) is 0 Å². The molecule has 6 nitrogen and oxygen atoms in total. The van der Waals surface area contributed by atoms with E-state index in [0.717, 1.165) is 5.56 Å². The zero-order chi connectivity index (χ0) is 15.9. The molecule has 1 aromatic carbocycles. The molecule has 22 heavy (non-hydrogen) atoms. The van der Waals surface area contributed by atoms with E-state index in [9.17, 15) is 9.59 Å². The topological polar surface area (TPSA) is 92.4 Å². The summed E-state index contributed by atoms with van der Waals surface area (Å²) >= 11 is 1.25. The maximum Gasteiger partial charge on any atom is 0.313 e. The Morgan fingerprint density at radius 2 is 2.05 bits per heavy atom. The fraction of sp³-hybridized carbons (Fsp3) is 0.267. The molecule has 1 aromatic heterocycles. The van der Waals surface area contributed by atoms with Crippen molar-refractivity contribution in [3.63, 3.8) is 0 Å². The van der Waals surface area contributed by atoms with Gasteiger partial charge in [0, 0.05) is 24.8 Å². The Balaban J connectivity index is 2.00. The number of carbonyl (C=O) groups is 2. The first-order valence-corrected chi connectivity index (χ1v) is 7.84. The van der Waals surface area contributed by atoms with Gasteiger partial charge in [0.1, 0.15) is 0 Å². The van der Waals surface area contributed by atoms with Gasteiger partial charge in [-0.3, -0.25) is 9.59 Å². The van der Waals surface area contributed by atoms with Crippen molar-refractivity contribution >= 4 is 23.6 Å². The Labute approximate surface area is 131 Å². The van der Waals surface area contributed by atoms with Crippen LogP contribution in [-0.4, -0.2) is 40.0 Å². The zero-order valence-corrected chi connectivity index (χ0v) is 12.9. The Morgan fingerprint density at radius 1 is 1.32 bits per heavy atom. The fourth-order valence-electron chi connectivity index (χ4n) is 1.85. The van der Waals surface area contributed by atoms with Crippen molar-refractivity contribution in [3.8, 4) is 11.3 Å². The molecule has 0 bridgehead atoms. The minimum absolute atomic E-state index is 0.0220.